The summed E-state index contributed by atoms with van der Waals surface area (Å²) in [5, 5.41) is 5.67. The van der Waals surface area contributed by atoms with Crippen LogP contribution in [0.2, 0.25) is 0 Å². The molecule has 7 heteroatoms. The first-order valence-corrected chi connectivity index (χ1v) is 8.93. The van der Waals surface area contributed by atoms with E-state index in [1.54, 1.807) is 6.07 Å². The van der Waals surface area contributed by atoms with Crippen molar-refractivity contribution in [3.63, 3.8) is 0 Å². The minimum absolute atomic E-state index is 0.158. The highest BCUT2D eigenvalue weighted by Crippen LogP contribution is 2.26. The third-order valence-electron chi connectivity index (χ3n) is 3.59. The molecule has 0 saturated heterocycles. The van der Waals surface area contributed by atoms with Crippen LogP contribution >= 0.6 is 27.3 Å². The summed E-state index contributed by atoms with van der Waals surface area (Å²) in [7, 11) is 0. The Hall–Kier alpha value is -2.25. The predicted octanol–water partition coefficient (Wildman–Crippen LogP) is 4.21. The average molecular weight is 402 g/mol. The first-order valence-electron chi connectivity index (χ1n) is 7.32. The lowest BCUT2D eigenvalue weighted by Gasteiger charge is -2.11. The van der Waals surface area contributed by atoms with E-state index in [0.29, 0.717) is 20.9 Å². The van der Waals surface area contributed by atoms with Crippen molar-refractivity contribution in [2.24, 2.45) is 0 Å². The maximum Gasteiger partial charge on any atom is 0.283 e. The third kappa shape index (κ3) is 2.70. The van der Waals surface area contributed by atoms with Gasteiger partial charge in [0.15, 0.2) is 5.01 Å². The maximum absolute atomic E-state index is 12.5. The number of halogens is 1. The molecule has 1 atom stereocenters. The molecule has 0 saturated carbocycles. The molecule has 0 amide bonds. The highest BCUT2D eigenvalue weighted by atomic mass is 79.9. The van der Waals surface area contributed by atoms with Crippen LogP contribution in [0.3, 0.4) is 0 Å². The number of fused-ring (bicyclic) bond motifs is 2. The molecule has 24 heavy (non-hydrogen) atoms. The van der Waals surface area contributed by atoms with E-state index in [2.05, 4.69) is 26.0 Å². The van der Waals surface area contributed by atoms with Crippen LogP contribution in [-0.4, -0.2) is 14.6 Å². The highest BCUT2D eigenvalue weighted by molar-refractivity contribution is 9.10. The molecule has 0 aliphatic heterocycles. The molecule has 4 rings (SSSR count). The van der Waals surface area contributed by atoms with E-state index in [9.17, 15) is 4.79 Å². The molecule has 5 nitrogen and oxygen atoms in total. The van der Waals surface area contributed by atoms with Crippen LogP contribution in [0.15, 0.2) is 57.8 Å². The van der Waals surface area contributed by atoms with Crippen molar-refractivity contribution in [3.05, 3.63) is 68.4 Å². The van der Waals surface area contributed by atoms with Crippen molar-refractivity contribution in [3.8, 4) is 5.75 Å². The second kappa shape index (κ2) is 5.99. The van der Waals surface area contributed by atoms with Gasteiger partial charge in [-0.1, -0.05) is 39.4 Å². The molecule has 1 unspecified atom stereocenters. The Bertz CT molecular complexity index is 1090. The lowest BCUT2D eigenvalue weighted by Crippen LogP contribution is -2.15. The van der Waals surface area contributed by atoms with E-state index >= 15 is 0 Å². The monoisotopic (exact) mass is 401 g/mol. The number of hydrogen-bond acceptors (Lipinski definition) is 5. The summed E-state index contributed by atoms with van der Waals surface area (Å²) in [6, 6.07) is 14.9. The van der Waals surface area contributed by atoms with Gasteiger partial charge >= 0.3 is 0 Å². The van der Waals surface area contributed by atoms with E-state index < -0.39 is 0 Å². The van der Waals surface area contributed by atoms with Gasteiger partial charge in [-0.2, -0.15) is 9.61 Å². The van der Waals surface area contributed by atoms with Crippen LogP contribution in [0.4, 0.5) is 0 Å². The molecule has 0 aliphatic rings. The van der Waals surface area contributed by atoms with Crippen molar-refractivity contribution < 1.29 is 4.74 Å². The Kier molecular flexibility index (Phi) is 3.82. The van der Waals surface area contributed by atoms with Gasteiger partial charge in [0.25, 0.3) is 5.56 Å². The molecule has 4 aromatic rings. The second-order valence-electron chi connectivity index (χ2n) is 5.28. The molecule has 2 aromatic carbocycles. The van der Waals surface area contributed by atoms with Crippen LogP contribution < -0.4 is 10.3 Å². The van der Waals surface area contributed by atoms with E-state index in [-0.39, 0.29) is 11.7 Å². The summed E-state index contributed by atoms with van der Waals surface area (Å²) in [6.07, 6.45) is -0.277. The van der Waals surface area contributed by atoms with Gasteiger partial charge in [-0.25, -0.2) is 4.98 Å². The Morgan fingerprint density at radius 1 is 1.17 bits per heavy atom. The minimum atomic E-state index is -0.277. The van der Waals surface area contributed by atoms with Crippen LogP contribution in [0.25, 0.3) is 15.9 Å². The fourth-order valence-corrected chi connectivity index (χ4v) is 3.54. The summed E-state index contributed by atoms with van der Waals surface area (Å²) < 4.78 is 8.25. The SMILES string of the molecule is CC(Oc1ccc(Br)cc1)c1nn2c(=O)c3ccccc3nc2s1. The number of hydrogen-bond donors (Lipinski definition) is 0. The van der Waals surface area contributed by atoms with Gasteiger partial charge in [0.2, 0.25) is 4.96 Å². The minimum Gasteiger partial charge on any atom is -0.483 e. The summed E-state index contributed by atoms with van der Waals surface area (Å²) in [4.78, 5) is 17.6. The van der Waals surface area contributed by atoms with Crippen molar-refractivity contribution in [2.45, 2.75) is 13.0 Å². The topological polar surface area (TPSA) is 56.5 Å². The number of benzene rings is 2. The molecule has 120 valence electrons. The van der Waals surface area contributed by atoms with Gasteiger partial charge in [0.1, 0.15) is 11.9 Å². The smallest absolute Gasteiger partial charge is 0.283 e. The molecule has 2 aromatic heterocycles. The van der Waals surface area contributed by atoms with E-state index in [0.717, 1.165) is 10.2 Å². The third-order valence-corrected chi connectivity index (χ3v) is 5.19. The number of nitrogens with zero attached hydrogens (tertiary/aromatic N) is 3. The largest absolute Gasteiger partial charge is 0.483 e. The standard InChI is InChI=1S/C17H12BrN3O2S/c1-10(23-12-8-6-11(18)7-9-12)15-20-21-16(22)13-4-2-3-5-14(13)19-17(21)24-15/h2-10H,1H3. The fraction of sp³-hybridized carbons (Fsp3) is 0.118. The molecule has 0 aliphatic carbocycles. The van der Waals surface area contributed by atoms with Crippen molar-refractivity contribution in [1.82, 2.24) is 14.6 Å². The van der Waals surface area contributed by atoms with Gasteiger partial charge in [0, 0.05) is 4.47 Å². The first-order chi connectivity index (χ1) is 11.6. The zero-order valence-electron chi connectivity index (χ0n) is 12.6. The lowest BCUT2D eigenvalue weighted by molar-refractivity contribution is 0.225. The Morgan fingerprint density at radius 2 is 1.92 bits per heavy atom. The molecular weight excluding hydrogens is 390 g/mol. The molecule has 0 fully saturated rings. The molecule has 0 spiro atoms. The van der Waals surface area contributed by atoms with E-state index in [1.807, 2.05) is 49.4 Å². The predicted molar refractivity (Wildman–Crippen MR) is 97.8 cm³/mol. The lowest BCUT2D eigenvalue weighted by atomic mass is 10.2. The maximum atomic E-state index is 12.5. The summed E-state index contributed by atoms with van der Waals surface area (Å²) in [5.74, 6) is 0.746. The van der Waals surface area contributed by atoms with Crippen LogP contribution in [-0.2, 0) is 0 Å². The Morgan fingerprint density at radius 3 is 2.71 bits per heavy atom. The van der Waals surface area contributed by atoms with E-state index in [1.165, 1.54) is 15.9 Å². The molecular formula is C17H12BrN3O2S. The fourth-order valence-electron chi connectivity index (χ4n) is 2.40. The number of rotatable bonds is 3. The molecule has 2 heterocycles. The van der Waals surface area contributed by atoms with Gasteiger partial charge in [-0.05, 0) is 43.3 Å². The Balaban J connectivity index is 1.74. The van der Waals surface area contributed by atoms with Crippen molar-refractivity contribution >= 4 is 43.1 Å². The Labute approximate surface area is 149 Å². The van der Waals surface area contributed by atoms with Crippen LogP contribution in [0.5, 0.6) is 5.75 Å². The molecule has 0 radical (unpaired) electrons. The summed E-state index contributed by atoms with van der Waals surface area (Å²) in [6.45, 7) is 1.91. The van der Waals surface area contributed by atoms with Gasteiger partial charge in [0.05, 0.1) is 10.9 Å². The zero-order chi connectivity index (χ0) is 16.7. The average Bonchev–Trinajstić information content (AvgIpc) is 3.02. The second-order valence-corrected chi connectivity index (χ2v) is 7.19. The first kappa shape index (κ1) is 15.3. The summed E-state index contributed by atoms with van der Waals surface area (Å²) in [5.41, 5.74) is 0.521. The zero-order valence-corrected chi connectivity index (χ0v) is 15.0. The molecule has 0 N–H and O–H groups in total. The quantitative estimate of drug-likeness (QED) is 0.515. The van der Waals surface area contributed by atoms with Crippen LogP contribution in [0, 0.1) is 0 Å². The van der Waals surface area contributed by atoms with Crippen molar-refractivity contribution in [2.75, 3.05) is 0 Å². The summed E-state index contributed by atoms with van der Waals surface area (Å²) >= 11 is 4.76. The van der Waals surface area contributed by atoms with E-state index in [4.69, 9.17) is 4.74 Å². The molecule has 0 bridgehead atoms. The normalized spacial score (nSPS) is 12.6. The van der Waals surface area contributed by atoms with Gasteiger partial charge in [-0.15, -0.1) is 0 Å². The number of para-hydroxylation sites is 1. The van der Waals surface area contributed by atoms with Crippen molar-refractivity contribution in [1.29, 1.82) is 0 Å². The number of aromatic nitrogens is 3. The van der Waals surface area contributed by atoms with Crippen LogP contribution in [0.1, 0.15) is 18.0 Å². The van der Waals surface area contributed by atoms with Gasteiger partial charge < -0.3 is 4.74 Å². The number of ether oxygens (including phenoxy) is 1. The highest BCUT2D eigenvalue weighted by Gasteiger charge is 2.16. The van der Waals surface area contributed by atoms with Gasteiger partial charge in [-0.3, -0.25) is 4.79 Å².